The number of ether oxygens (including phenoxy) is 1. The van der Waals surface area contributed by atoms with Crippen molar-refractivity contribution in [1.29, 1.82) is 0 Å². The quantitative estimate of drug-likeness (QED) is 0.830. The van der Waals surface area contributed by atoms with E-state index in [4.69, 9.17) is 9.84 Å². The summed E-state index contributed by atoms with van der Waals surface area (Å²) in [6, 6.07) is 3.03. The maximum absolute atomic E-state index is 13.3. The van der Waals surface area contributed by atoms with Gasteiger partial charge in [0.1, 0.15) is 5.75 Å². The third-order valence-electron chi connectivity index (χ3n) is 4.01. The number of carbonyl (C=O) groups is 2. The number of aliphatic carboxylic acids is 1. The van der Waals surface area contributed by atoms with E-state index in [1.165, 1.54) is 17.0 Å². The minimum atomic E-state index is -4.58. The normalized spacial score (nSPS) is 17.5. The monoisotopic (exact) mass is 374 g/mol. The number of benzene rings is 1. The molecule has 2 amide bonds. The molecular formula is C17H21F3N2O4. The van der Waals surface area contributed by atoms with Gasteiger partial charge in [0.05, 0.1) is 17.6 Å². The molecule has 1 heterocycles. The number of carbonyl (C=O) groups excluding carboxylic acids is 1. The van der Waals surface area contributed by atoms with Crippen molar-refractivity contribution in [2.45, 2.75) is 39.1 Å². The molecule has 0 spiro atoms. The average Bonchev–Trinajstić information content (AvgIpc) is 3.02. The fraction of sp³-hybridized carbons (Fsp3) is 0.529. The third-order valence-corrected chi connectivity index (χ3v) is 4.01. The molecule has 0 aliphatic carbocycles. The standard InChI is InChI=1S/C17H21F3N2O4/c1-10(2)26-13-4-3-11(14(7-13)17(18,19)20)8-21-16(25)22-6-5-12(9-22)15(23)24/h3-4,7,10,12H,5-6,8-9H2,1-2H3,(H,21,25)(H,23,24). The van der Waals surface area contributed by atoms with Crippen LogP contribution in [0.5, 0.6) is 5.75 Å². The number of alkyl halides is 3. The summed E-state index contributed by atoms with van der Waals surface area (Å²) in [5.41, 5.74) is -0.961. The second kappa shape index (κ2) is 7.84. The van der Waals surface area contributed by atoms with E-state index in [1.807, 2.05) is 0 Å². The van der Waals surface area contributed by atoms with Crippen LogP contribution in [0.25, 0.3) is 0 Å². The largest absolute Gasteiger partial charge is 0.491 e. The number of amides is 2. The molecule has 9 heteroatoms. The summed E-state index contributed by atoms with van der Waals surface area (Å²) < 4.78 is 45.2. The first-order chi connectivity index (χ1) is 12.1. The van der Waals surface area contributed by atoms with Gasteiger partial charge in [0.25, 0.3) is 0 Å². The zero-order chi connectivity index (χ0) is 19.5. The topological polar surface area (TPSA) is 78.9 Å². The fourth-order valence-electron chi connectivity index (χ4n) is 2.75. The van der Waals surface area contributed by atoms with Crippen molar-refractivity contribution < 1.29 is 32.6 Å². The smallest absolute Gasteiger partial charge is 0.416 e. The van der Waals surface area contributed by atoms with Crippen LogP contribution in [0.1, 0.15) is 31.4 Å². The Morgan fingerprint density at radius 2 is 2.08 bits per heavy atom. The minimum Gasteiger partial charge on any atom is -0.491 e. The molecule has 2 N–H and O–H groups in total. The Balaban J connectivity index is 2.06. The van der Waals surface area contributed by atoms with Crippen LogP contribution in [0, 0.1) is 5.92 Å². The zero-order valence-corrected chi connectivity index (χ0v) is 14.5. The van der Waals surface area contributed by atoms with Gasteiger partial charge in [-0.15, -0.1) is 0 Å². The Labute approximate surface area is 148 Å². The molecule has 1 atom stereocenters. The van der Waals surface area contributed by atoms with Crippen LogP contribution in [0.4, 0.5) is 18.0 Å². The number of halogens is 3. The van der Waals surface area contributed by atoms with E-state index >= 15 is 0 Å². The van der Waals surface area contributed by atoms with Crippen molar-refractivity contribution in [2.75, 3.05) is 13.1 Å². The molecule has 1 aromatic carbocycles. The number of nitrogens with one attached hydrogen (secondary N) is 1. The predicted octanol–water partition coefficient (Wildman–Crippen LogP) is 3.11. The molecular weight excluding hydrogens is 353 g/mol. The molecule has 0 bridgehead atoms. The molecule has 6 nitrogen and oxygen atoms in total. The Morgan fingerprint density at radius 1 is 1.38 bits per heavy atom. The number of urea groups is 1. The zero-order valence-electron chi connectivity index (χ0n) is 14.5. The lowest BCUT2D eigenvalue weighted by Crippen LogP contribution is -2.38. The van der Waals surface area contributed by atoms with Crippen LogP contribution in [0.2, 0.25) is 0 Å². The second-order valence-electron chi connectivity index (χ2n) is 6.41. The molecule has 0 saturated carbocycles. The number of nitrogens with zero attached hydrogens (tertiary/aromatic N) is 1. The molecule has 0 aromatic heterocycles. The third kappa shape index (κ3) is 5.03. The molecule has 1 aliphatic heterocycles. The summed E-state index contributed by atoms with van der Waals surface area (Å²) in [6.07, 6.45) is -4.52. The first-order valence-corrected chi connectivity index (χ1v) is 8.20. The Hall–Kier alpha value is -2.45. The van der Waals surface area contributed by atoms with Crippen molar-refractivity contribution in [3.63, 3.8) is 0 Å². The molecule has 1 unspecified atom stereocenters. The van der Waals surface area contributed by atoms with Crippen molar-refractivity contribution >= 4 is 12.0 Å². The highest BCUT2D eigenvalue weighted by molar-refractivity contribution is 5.77. The van der Waals surface area contributed by atoms with Gasteiger partial charge in [0.15, 0.2) is 0 Å². The lowest BCUT2D eigenvalue weighted by Gasteiger charge is -2.19. The van der Waals surface area contributed by atoms with Gasteiger partial charge >= 0.3 is 18.2 Å². The second-order valence-corrected chi connectivity index (χ2v) is 6.41. The van der Waals surface area contributed by atoms with E-state index in [9.17, 15) is 22.8 Å². The molecule has 1 aromatic rings. The van der Waals surface area contributed by atoms with Gasteiger partial charge in [-0.25, -0.2) is 4.79 Å². The molecule has 0 radical (unpaired) electrons. The molecule has 1 aliphatic rings. The molecule has 144 valence electrons. The summed E-state index contributed by atoms with van der Waals surface area (Å²) in [7, 11) is 0. The van der Waals surface area contributed by atoms with Crippen molar-refractivity contribution in [3.05, 3.63) is 29.3 Å². The first kappa shape index (κ1) is 19.9. The van der Waals surface area contributed by atoms with E-state index < -0.39 is 29.7 Å². The SMILES string of the molecule is CC(C)Oc1ccc(CNC(=O)N2CCC(C(=O)O)C2)c(C(F)(F)F)c1. The van der Waals surface area contributed by atoms with Gasteiger partial charge in [-0.2, -0.15) is 13.2 Å². The Morgan fingerprint density at radius 3 is 2.62 bits per heavy atom. The molecule has 1 saturated heterocycles. The number of carboxylic acid groups (broad SMARTS) is 1. The number of likely N-dealkylation sites (tertiary alicyclic amines) is 1. The highest BCUT2D eigenvalue weighted by atomic mass is 19.4. The number of hydrogen-bond donors (Lipinski definition) is 2. The van der Waals surface area contributed by atoms with E-state index in [1.54, 1.807) is 13.8 Å². The van der Waals surface area contributed by atoms with E-state index in [-0.39, 0.29) is 37.1 Å². The summed E-state index contributed by atoms with van der Waals surface area (Å²) in [5, 5.41) is 11.4. The van der Waals surface area contributed by atoms with Crippen LogP contribution in [0.15, 0.2) is 18.2 Å². The van der Waals surface area contributed by atoms with Gasteiger partial charge < -0.3 is 20.1 Å². The Kier molecular flexibility index (Phi) is 5.99. The van der Waals surface area contributed by atoms with Gasteiger partial charge in [0.2, 0.25) is 0 Å². The maximum Gasteiger partial charge on any atom is 0.416 e. The predicted molar refractivity (Wildman–Crippen MR) is 86.8 cm³/mol. The summed E-state index contributed by atoms with van der Waals surface area (Å²) in [5.74, 6) is -1.52. The number of carboxylic acids is 1. The maximum atomic E-state index is 13.3. The highest BCUT2D eigenvalue weighted by Crippen LogP contribution is 2.34. The van der Waals surface area contributed by atoms with Crippen LogP contribution >= 0.6 is 0 Å². The van der Waals surface area contributed by atoms with Gasteiger partial charge in [-0.3, -0.25) is 4.79 Å². The van der Waals surface area contributed by atoms with Crippen LogP contribution < -0.4 is 10.1 Å². The summed E-state index contributed by atoms with van der Waals surface area (Å²) >= 11 is 0. The van der Waals surface area contributed by atoms with Crippen LogP contribution in [-0.4, -0.2) is 41.2 Å². The fourth-order valence-corrected chi connectivity index (χ4v) is 2.75. The van der Waals surface area contributed by atoms with E-state index in [0.717, 1.165) is 6.07 Å². The van der Waals surface area contributed by atoms with Crippen LogP contribution in [0.3, 0.4) is 0 Å². The first-order valence-electron chi connectivity index (χ1n) is 8.20. The van der Waals surface area contributed by atoms with Gasteiger partial charge in [-0.05, 0) is 38.0 Å². The molecule has 26 heavy (non-hydrogen) atoms. The molecule has 2 rings (SSSR count). The molecule has 1 fully saturated rings. The minimum absolute atomic E-state index is 0.0501. The van der Waals surface area contributed by atoms with Crippen molar-refractivity contribution in [2.24, 2.45) is 5.92 Å². The Bertz CT molecular complexity index is 676. The summed E-state index contributed by atoms with van der Waals surface area (Å²) in [4.78, 5) is 24.3. The number of hydrogen-bond acceptors (Lipinski definition) is 3. The van der Waals surface area contributed by atoms with Crippen molar-refractivity contribution in [1.82, 2.24) is 10.2 Å². The van der Waals surface area contributed by atoms with Gasteiger partial charge in [-0.1, -0.05) is 6.07 Å². The average molecular weight is 374 g/mol. The van der Waals surface area contributed by atoms with Crippen LogP contribution in [-0.2, 0) is 17.5 Å². The number of rotatable bonds is 5. The van der Waals surface area contributed by atoms with E-state index in [0.29, 0.717) is 6.42 Å². The summed E-state index contributed by atoms with van der Waals surface area (Å²) in [6.45, 7) is 3.41. The van der Waals surface area contributed by atoms with Gasteiger partial charge in [0, 0.05) is 19.6 Å². The highest BCUT2D eigenvalue weighted by Gasteiger charge is 2.35. The lowest BCUT2D eigenvalue weighted by molar-refractivity contribution is -0.141. The van der Waals surface area contributed by atoms with E-state index in [2.05, 4.69) is 5.32 Å². The lowest BCUT2D eigenvalue weighted by atomic mass is 10.1. The van der Waals surface area contributed by atoms with Crippen molar-refractivity contribution in [3.8, 4) is 5.75 Å².